The van der Waals surface area contributed by atoms with Crippen LogP contribution in [0.4, 0.5) is 24.5 Å². The molecule has 0 heterocycles. The van der Waals surface area contributed by atoms with Crippen molar-refractivity contribution >= 4 is 27.3 Å². The summed E-state index contributed by atoms with van der Waals surface area (Å²) < 4.78 is 83.5. The van der Waals surface area contributed by atoms with E-state index in [1.165, 1.54) is 75.9 Å². The van der Waals surface area contributed by atoms with Crippen LogP contribution >= 0.6 is 0 Å². The van der Waals surface area contributed by atoms with Crippen LogP contribution in [0, 0.1) is 0 Å². The van der Waals surface area contributed by atoms with E-state index in [2.05, 4.69) is 5.32 Å². The number of carbonyl (C=O) groups excluding carboxylic acids is 1. The molecule has 0 saturated heterocycles. The van der Waals surface area contributed by atoms with Gasteiger partial charge in [-0.1, -0.05) is 12.1 Å². The van der Waals surface area contributed by atoms with Gasteiger partial charge in [-0.2, -0.15) is 13.2 Å². The third-order valence-corrected chi connectivity index (χ3v) is 6.87. The van der Waals surface area contributed by atoms with Crippen LogP contribution in [0.2, 0.25) is 0 Å². The quantitative estimate of drug-likeness (QED) is 0.441. The van der Waals surface area contributed by atoms with Gasteiger partial charge in [0, 0.05) is 6.07 Å². The van der Waals surface area contributed by atoms with Crippen molar-refractivity contribution in [3.8, 4) is 17.2 Å². The van der Waals surface area contributed by atoms with Gasteiger partial charge in [0.15, 0.2) is 11.5 Å². The Balaban J connectivity index is 2.01. The summed E-state index contributed by atoms with van der Waals surface area (Å²) in [5.74, 6) is -0.122. The van der Waals surface area contributed by atoms with E-state index >= 15 is 0 Å². The minimum Gasteiger partial charge on any atom is -0.497 e. The number of anilines is 2. The summed E-state index contributed by atoms with van der Waals surface area (Å²) in [6.45, 7) is -0.810. The molecule has 1 N–H and O–H groups in total. The Hall–Kier alpha value is -3.93. The van der Waals surface area contributed by atoms with Crippen LogP contribution in [0.15, 0.2) is 71.6 Å². The first kappa shape index (κ1) is 26.7. The van der Waals surface area contributed by atoms with Crippen molar-refractivity contribution in [2.24, 2.45) is 0 Å². The number of halogens is 3. The first-order valence-corrected chi connectivity index (χ1v) is 11.8. The molecule has 12 heteroatoms. The molecule has 0 unspecified atom stereocenters. The molecular weight excluding hydrogens is 501 g/mol. The van der Waals surface area contributed by atoms with Gasteiger partial charge in [-0.05, 0) is 48.5 Å². The van der Waals surface area contributed by atoms with Gasteiger partial charge in [0.2, 0.25) is 5.91 Å². The molecule has 0 fully saturated rings. The number of amides is 1. The molecule has 0 radical (unpaired) electrons. The third kappa shape index (κ3) is 5.82. The largest absolute Gasteiger partial charge is 0.497 e. The zero-order valence-electron chi connectivity index (χ0n) is 19.5. The zero-order valence-corrected chi connectivity index (χ0v) is 20.3. The maximum atomic E-state index is 13.6. The molecule has 0 atom stereocenters. The Labute approximate surface area is 206 Å². The summed E-state index contributed by atoms with van der Waals surface area (Å²) in [6.07, 6.45) is -4.72. The van der Waals surface area contributed by atoms with Crippen molar-refractivity contribution < 1.29 is 40.6 Å². The van der Waals surface area contributed by atoms with E-state index in [9.17, 15) is 26.4 Å². The van der Waals surface area contributed by atoms with Crippen molar-refractivity contribution in [3.63, 3.8) is 0 Å². The lowest BCUT2D eigenvalue weighted by atomic mass is 10.1. The second-order valence-electron chi connectivity index (χ2n) is 7.32. The molecule has 8 nitrogen and oxygen atoms in total. The minimum absolute atomic E-state index is 0.0878. The highest BCUT2D eigenvalue weighted by atomic mass is 32.2. The maximum absolute atomic E-state index is 13.6. The lowest BCUT2D eigenvalue weighted by Gasteiger charge is -2.25. The van der Waals surface area contributed by atoms with Gasteiger partial charge in [-0.3, -0.25) is 9.10 Å². The minimum atomic E-state index is -4.72. The van der Waals surface area contributed by atoms with Gasteiger partial charge in [-0.15, -0.1) is 0 Å². The summed E-state index contributed by atoms with van der Waals surface area (Å²) in [6, 6.07) is 14.1. The Morgan fingerprint density at radius 1 is 0.889 bits per heavy atom. The number of alkyl halides is 3. The summed E-state index contributed by atoms with van der Waals surface area (Å²) in [7, 11) is -0.232. The molecule has 3 rings (SSSR count). The zero-order chi connectivity index (χ0) is 26.5. The van der Waals surface area contributed by atoms with E-state index in [4.69, 9.17) is 14.2 Å². The monoisotopic (exact) mass is 524 g/mol. The fourth-order valence-electron chi connectivity index (χ4n) is 3.33. The normalized spacial score (nSPS) is 11.5. The van der Waals surface area contributed by atoms with Crippen LogP contribution in [-0.4, -0.2) is 42.2 Å². The Bertz CT molecular complexity index is 1330. The van der Waals surface area contributed by atoms with Crippen molar-refractivity contribution in [1.29, 1.82) is 0 Å². The molecular formula is C24H23F3N2O6S. The lowest BCUT2D eigenvalue weighted by Crippen LogP contribution is -2.38. The van der Waals surface area contributed by atoms with Crippen LogP contribution < -0.4 is 23.8 Å². The molecule has 192 valence electrons. The number of hydrogen-bond acceptors (Lipinski definition) is 6. The van der Waals surface area contributed by atoms with Crippen LogP contribution in [0.25, 0.3) is 0 Å². The molecule has 0 aliphatic heterocycles. The average molecular weight is 525 g/mol. The van der Waals surface area contributed by atoms with Gasteiger partial charge in [0.05, 0.1) is 43.2 Å². The number of benzene rings is 3. The second-order valence-corrected chi connectivity index (χ2v) is 9.18. The highest BCUT2D eigenvalue weighted by Crippen LogP contribution is 2.35. The highest BCUT2D eigenvalue weighted by molar-refractivity contribution is 7.92. The van der Waals surface area contributed by atoms with Crippen LogP contribution in [0.1, 0.15) is 5.56 Å². The number of nitrogens with zero attached hydrogens (tertiary/aromatic N) is 1. The second kappa shape index (κ2) is 10.8. The SMILES string of the molecule is COc1ccc(N(CC(=O)Nc2ccccc2C(F)(F)F)S(=O)(=O)c2ccc(OC)c(OC)c2)cc1. The van der Waals surface area contributed by atoms with E-state index in [1.807, 2.05) is 0 Å². The fourth-order valence-corrected chi connectivity index (χ4v) is 4.76. The average Bonchev–Trinajstić information content (AvgIpc) is 2.86. The van der Waals surface area contributed by atoms with Crippen molar-refractivity contribution in [2.45, 2.75) is 11.1 Å². The predicted octanol–water partition coefficient (Wildman–Crippen LogP) is 4.57. The number of methoxy groups -OCH3 is 3. The number of hydrogen-bond donors (Lipinski definition) is 1. The van der Waals surface area contributed by atoms with E-state index < -0.39 is 39.9 Å². The standard InChI is InChI=1S/C24H23F3N2O6S/c1-33-17-10-8-16(9-11-17)29(36(31,32)18-12-13-21(34-2)22(14-18)35-3)15-23(30)28-20-7-5-4-6-19(20)24(25,26)27/h4-14H,15H2,1-3H3,(H,28,30). The lowest BCUT2D eigenvalue weighted by molar-refractivity contribution is -0.137. The number of rotatable bonds is 9. The number of nitrogens with one attached hydrogen (secondary N) is 1. The molecule has 3 aromatic rings. The molecule has 0 aliphatic carbocycles. The van der Waals surface area contributed by atoms with Crippen molar-refractivity contribution in [2.75, 3.05) is 37.5 Å². The Morgan fingerprint density at radius 2 is 1.53 bits per heavy atom. The topological polar surface area (TPSA) is 94.2 Å². The highest BCUT2D eigenvalue weighted by Gasteiger charge is 2.34. The molecule has 3 aromatic carbocycles. The van der Waals surface area contributed by atoms with Crippen LogP contribution in [-0.2, 0) is 21.0 Å². The number of sulfonamides is 1. The Kier molecular flexibility index (Phi) is 7.98. The van der Waals surface area contributed by atoms with Gasteiger partial charge in [-0.25, -0.2) is 8.42 Å². The van der Waals surface area contributed by atoms with Crippen LogP contribution in [0.5, 0.6) is 17.2 Å². The van der Waals surface area contributed by atoms with Gasteiger partial charge < -0.3 is 19.5 Å². The molecule has 0 bridgehead atoms. The number of ether oxygens (including phenoxy) is 3. The summed E-state index contributed by atoms with van der Waals surface area (Å²) in [5.41, 5.74) is -1.46. The molecule has 0 saturated carbocycles. The van der Waals surface area contributed by atoms with E-state index in [-0.39, 0.29) is 22.1 Å². The van der Waals surface area contributed by atoms with E-state index in [0.29, 0.717) is 5.75 Å². The van der Waals surface area contributed by atoms with Gasteiger partial charge in [0.25, 0.3) is 10.0 Å². The van der Waals surface area contributed by atoms with Gasteiger partial charge >= 0.3 is 6.18 Å². The fraction of sp³-hybridized carbons (Fsp3) is 0.208. The van der Waals surface area contributed by atoms with E-state index in [0.717, 1.165) is 16.4 Å². The third-order valence-electron chi connectivity index (χ3n) is 5.10. The summed E-state index contributed by atoms with van der Waals surface area (Å²) in [4.78, 5) is 12.6. The van der Waals surface area contributed by atoms with Crippen molar-refractivity contribution in [3.05, 3.63) is 72.3 Å². The summed E-state index contributed by atoms with van der Waals surface area (Å²) in [5, 5.41) is 2.17. The van der Waals surface area contributed by atoms with E-state index in [1.54, 1.807) is 0 Å². The Morgan fingerprint density at radius 3 is 2.11 bits per heavy atom. The number of para-hydroxylation sites is 1. The number of carbonyl (C=O) groups is 1. The van der Waals surface area contributed by atoms with Gasteiger partial charge in [0.1, 0.15) is 12.3 Å². The summed E-state index contributed by atoms with van der Waals surface area (Å²) >= 11 is 0. The predicted molar refractivity (Wildman–Crippen MR) is 127 cm³/mol. The van der Waals surface area contributed by atoms with Crippen molar-refractivity contribution in [1.82, 2.24) is 0 Å². The first-order valence-electron chi connectivity index (χ1n) is 10.4. The maximum Gasteiger partial charge on any atom is 0.418 e. The van der Waals surface area contributed by atoms with Crippen LogP contribution in [0.3, 0.4) is 0 Å². The molecule has 0 aromatic heterocycles. The molecule has 0 aliphatic rings. The molecule has 0 spiro atoms. The molecule has 1 amide bonds. The smallest absolute Gasteiger partial charge is 0.418 e. The molecule has 36 heavy (non-hydrogen) atoms. The first-order chi connectivity index (χ1) is 17.0.